The van der Waals surface area contributed by atoms with Gasteiger partial charge in [0.05, 0.1) is 6.61 Å². The lowest BCUT2D eigenvalue weighted by atomic mass is 10.2. The number of aliphatic imine (C=N–C) groups is 1. The van der Waals surface area contributed by atoms with Crippen LogP contribution in [0.2, 0.25) is 0 Å². The third-order valence-corrected chi connectivity index (χ3v) is 3.31. The van der Waals surface area contributed by atoms with Crippen molar-refractivity contribution in [2.45, 2.75) is 39.8 Å². The fraction of sp³-hybridized carbons (Fsp3) is 0.556. The lowest BCUT2D eigenvalue weighted by Gasteiger charge is -2.22. The standard InChI is InChI=1S/C18H30N4O2/c1-6-24-16-9-7-15(8-10-16)13-22(5)18(19-4)20-12-11-17(23)21-14(2)3/h7-10,14H,6,11-13H2,1-5H3,(H,19,20)(H,21,23). The quantitative estimate of drug-likeness (QED) is 0.564. The second-order valence-corrected chi connectivity index (χ2v) is 5.88. The summed E-state index contributed by atoms with van der Waals surface area (Å²) in [5.41, 5.74) is 1.17. The van der Waals surface area contributed by atoms with Crippen LogP contribution in [0.25, 0.3) is 0 Å². The van der Waals surface area contributed by atoms with Gasteiger partial charge in [0.15, 0.2) is 5.96 Å². The van der Waals surface area contributed by atoms with E-state index in [-0.39, 0.29) is 11.9 Å². The molecule has 1 aromatic carbocycles. The zero-order valence-corrected chi connectivity index (χ0v) is 15.4. The van der Waals surface area contributed by atoms with E-state index in [1.165, 1.54) is 5.56 Å². The van der Waals surface area contributed by atoms with E-state index in [1.807, 2.05) is 57.0 Å². The zero-order chi connectivity index (χ0) is 17.9. The summed E-state index contributed by atoms with van der Waals surface area (Å²) in [4.78, 5) is 17.9. The van der Waals surface area contributed by atoms with Crippen molar-refractivity contribution in [2.75, 3.05) is 27.2 Å². The number of nitrogens with one attached hydrogen (secondary N) is 2. The summed E-state index contributed by atoms with van der Waals surface area (Å²) in [5.74, 6) is 1.69. The molecule has 1 aromatic rings. The van der Waals surface area contributed by atoms with Crippen molar-refractivity contribution in [1.29, 1.82) is 0 Å². The molecule has 0 aliphatic heterocycles. The Balaban J connectivity index is 2.45. The van der Waals surface area contributed by atoms with Crippen LogP contribution in [0.1, 0.15) is 32.8 Å². The fourth-order valence-corrected chi connectivity index (χ4v) is 2.27. The van der Waals surface area contributed by atoms with Crippen molar-refractivity contribution >= 4 is 11.9 Å². The molecular formula is C18H30N4O2. The maximum atomic E-state index is 11.7. The highest BCUT2D eigenvalue weighted by molar-refractivity contribution is 5.81. The van der Waals surface area contributed by atoms with Crippen LogP contribution in [0.4, 0.5) is 0 Å². The third kappa shape index (κ3) is 7.35. The first-order valence-corrected chi connectivity index (χ1v) is 8.39. The SMILES string of the molecule is CCOc1ccc(CN(C)C(=NC)NCCC(=O)NC(C)C)cc1. The topological polar surface area (TPSA) is 66.0 Å². The number of nitrogens with zero attached hydrogens (tertiary/aromatic N) is 2. The molecule has 6 heteroatoms. The molecular weight excluding hydrogens is 304 g/mol. The van der Waals surface area contributed by atoms with Gasteiger partial charge in [-0.25, -0.2) is 0 Å². The molecule has 0 spiro atoms. The highest BCUT2D eigenvalue weighted by atomic mass is 16.5. The summed E-state index contributed by atoms with van der Waals surface area (Å²) in [5, 5.41) is 6.09. The van der Waals surface area contributed by atoms with Crippen LogP contribution in [0.3, 0.4) is 0 Å². The molecule has 0 aliphatic rings. The Morgan fingerprint density at radius 1 is 1.29 bits per heavy atom. The summed E-state index contributed by atoms with van der Waals surface area (Å²) in [6.45, 7) is 7.83. The molecule has 0 radical (unpaired) electrons. The minimum absolute atomic E-state index is 0.0436. The van der Waals surface area contributed by atoms with E-state index in [9.17, 15) is 4.79 Å². The highest BCUT2D eigenvalue weighted by Crippen LogP contribution is 2.13. The average Bonchev–Trinajstić information content (AvgIpc) is 2.53. The van der Waals surface area contributed by atoms with Gasteiger partial charge in [-0.05, 0) is 38.5 Å². The van der Waals surface area contributed by atoms with Crippen LogP contribution in [0.5, 0.6) is 5.75 Å². The Hall–Kier alpha value is -2.24. The van der Waals surface area contributed by atoms with Gasteiger partial charge in [-0.1, -0.05) is 12.1 Å². The minimum atomic E-state index is 0.0436. The molecule has 0 fully saturated rings. The summed E-state index contributed by atoms with van der Waals surface area (Å²) < 4.78 is 5.45. The Morgan fingerprint density at radius 3 is 2.50 bits per heavy atom. The number of rotatable bonds is 8. The van der Waals surface area contributed by atoms with Crippen LogP contribution in [0.15, 0.2) is 29.3 Å². The van der Waals surface area contributed by atoms with E-state index in [0.29, 0.717) is 19.6 Å². The van der Waals surface area contributed by atoms with Crippen LogP contribution in [-0.4, -0.2) is 50.1 Å². The van der Waals surface area contributed by atoms with Gasteiger partial charge in [-0.3, -0.25) is 9.79 Å². The van der Waals surface area contributed by atoms with E-state index < -0.39 is 0 Å². The number of carbonyl (C=O) groups is 1. The number of benzene rings is 1. The molecule has 0 aromatic heterocycles. The van der Waals surface area contributed by atoms with E-state index in [4.69, 9.17) is 4.74 Å². The Kier molecular flexibility index (Phi) is 8.68. The molecule has 134 valence electrons. The lowest BCUT2D eigenvalue weighted by Crippen LogP contribution is -2.40. The normalized spacial score (nSPS) is 11.3. The molecule has 2 N–H and O–H groups in total. The van der Waals surface area contributed by atoms with E-state index >= 15 is 0 Å². The van der Waals surface area contributed by atoms with Crippen molar-refractivity contribution in [3.63, 3.8) is 0 Å². The number of ether oxygens (including phenoxy) is 1. The average molecular weight is 334 g/mol. The van der Waals surface area contributed by atoms with Crippen LogP contribution >= 0.6 is 0 Å². The van der Waals surface area contributed by atoms with Crippen molar-refractivity contribution in [1.82, 2.24) is 15.5 Å². The molecule has 0 atom stereocenters. The molecule has 0 heterocycles. The first kappa shape index (κ1) is 19.8. The van der Waals surface area contributed by atoms with Gasteiger partial charge < -0.3 is 20.3 Å². The molecule has 1 rings (SSSR count). The number of guanidine groups is 1. The van der Waals surface area contributed by atoms with Crippen molar-refractivity contribution in [2.24, 2.45) is 4.99 Å². The van der Waals surface area contributed by atoms with Gasteiger partial charge in [0, 0.05) is 39.6 Å². The summed E-state index contributed by atoms with van der Waals surface area (Å²) >= 11 is 0. The maximum absolute atomic E-state index is 11.7. The molecule has 0 unspecified atom stereocenters. The third-order valence-electron chi connectivity index (χ3n) is 3.31. The van der Waals surface area contributed by atoms with Crippen molar-refractivity contribution in [3.05, 3.63) is 29.8 Å². The Labute approximate surface area is 145 Å². The Bertz CT molecular complexity index is 526. The first-order chi connectivity index (χ1) is 11.5. The van der Waals surface area contributed by atoms with Gasteiger partial charge in [0.25, 0.3) is 0 Å². The van der Waals surface area contributed by atoms with Gasteiger partial charge in [0.1, 0.15) is 5.75 Å². The molecule has 0 saturated heterocycles. The first-order valence-electron chi connectivity index (χ1n) is 8.39. The zero-order valence-electron chi connectivity index (χ0n) is 15.4. The van der Waals surface area contributed by atoms with Gasteiger partial charge in [-0.15, -0.1) is 0 Å². The van der Waals surface area contributed by atoms with E-state index in [0.717, 1.165) is 18.3 Å². The van der Waals surface area contributed by atoms with Crippen LogP contribution in [-0.2, 0) is 11.3 Å². The smallest absolute Gasteiger partial charge is 0.221 e. The molecule has 0 saturated carbocycles. The van der Waals surface area contributed by atoms with Crippen LogP contribution < -0.4 is 15.4 Å². The summed E-state index contributed by atoms with van der Waals surface area (Å²) in [6, 6.07) is 8.20. The minimum Gasteiger partial charge on any atom is -0.494 e. The summed E-state index contributed by atoms with van der Waals surface area (Å²) in [7, 11) is 3.71. The van der Waals surface area contributed by atoms with Crippen molar-refractivity contribution < 1.29 is 9.53 Å². The predicted molar refractivity (Wildman–Crippen MR) is 98.3 cm³/mol. The molecule has 6 nitrogen and oxygen atoms in total. The molecule has 0 bridgehead atoms. The van der Waals surface area contributed by atoms with Gasteiger partial charge in [-0.2, -0.15) is 0 Å². The second-order valence-electron chi connectivity index (χ2n) is 5.88. The van der Waals surface area contributed by atoms with Gasteiger partial charge >= 0.3 is 0 Å². The van der Waals surface area contributed by atoms with Crippen LogP contribution in [0, 0.1) is 0 Å². The number of carbonyl (C=O) groups excluding carboxylic acids is 1. The maximum Gasteiger partial charge on any atom is 0.221 e. The lowest BCUT2D eigenvalue weighted by molar-refractivity contribution is -0.121. The van der Waals surface area contributed by atoms with E-state index in [1.54, 1.807) is 7.05 Å². The summed E-state index contributed by atoms with van der Waals surface area (Å²) in [6.07, 6.45) is 0.425. The molecule has 0 aliphatic carbocycles. The predicted octanol–water partition coefficient (Wildman–Crippen LogP) is 2.01. The number of hydrogen-bond donors (Lipinski definition) is 2. The molecule has 24 heavy (non-hydrogen) atoms. The monoisotopic (exact) mass is 334 g/mol. The van der Waals surface area contributed by atoms with Gasteiger partial charge in [0.2, 0.25) is 5.91 Å². The second kappa shape index (κ2) is 10.5. The highest BCUT2D eigenvalue weighted by Gasteiger charge is 2.08. The molecule has 1 amide bonds. The van der Waals surface area contributed by atoms with E-state index in [2.05, 4.69) is 15.6 Å². The van der Waals surface area contributed by atoms with Crippen molar-refractivity contribution in [3.8, 4) is 5.75 Å². The largest absolute Gasteiger partial charge is 0.494 e. The number of amides is 1. The fourth-order valence-electron chi connectivity index (χ4n) is 2.27. The number of hydrogen-bond acceptors (Lipinski definition) is 3. The Morgan fingerprint density at radius 2 is 1.96 bits per heavy atom.